The van der Waals surface area contributed by atoms with Gasteiger partial charge in [0.1, 0.15) is 5.75 Å². The maximum atomic E-state index is 11.0. The maximum Gasteiger partial charge on any atom is 0.140 e. The molecule has 27 heavy (non-hydrogen) atoms. The minimum atomic E-state index is 0.422. The molecule has 2 aliphatic rings. The van der Waals surface area contributed by atoms with Gasteiger partial charge >= 0.3 is 0 Å². The molecule has 2 aliphatic carbocycles. The Morgan fingerprint density at radius 3 is 2.44 bits per heavy atom. The number of nitrogens with zero attached hydrogens (tertiary/aromatic N) is 1. The average molecular weight is 353 g/mol. The van der Waals surface area contributed by atoms with Gasteiger partial charge in [0.05, 0.1) is 5.52 Å². The van der Waals surface area contributed by atoms with Gasteiger partial charge < -0.3 is 9.67 Å². The summed E-state index contributed by atoms with van der Waals surface area (Å²) in [6, 6.07) is 19.6. The van der Waals surface area contributed by atoms with E-state index in [-0.39, 0.29) is 0 Å². The molecule has 1 saturated carbocycles. The number of hydrogen-bond acceptors (Lipinski definition) is 1. The van der Waals surface area contributed by atoms with Crippen LogP contribution in [-0.4, -0.2) is 9.67 Å². The zero-order valence-corrected chi connectivity index (χ0v) is 15.6. The molecule has 3 aromatic carbocycles. The predicted molar refractivity (Wildman–Crippen MR) is 111 cm³/mol. The van der Waals surface area contributed by atoms with Crippen molar-refractivity contribution in [3.05, 3.63) is 65.7 Å². The largest absolute Gasteiger partial charge is 0.506 e. The lowest BCUT2D eigenvalue weighted by Gasteiger charge is -2.39. The third-order valence-electron chi connectivity index (χ3n) is 6.98. The number of hydrogen-bond donors (Lipinski definition) is 1. The number of para-hydroxylation sites is 1. The first kappa shape index (κ1) is 15.3. The number of aromatic hydroxyl groups is 1. The number of phenolic OH excluding ortho intramolecular Hbond substituents is 1. The quantitative estimate of drug-likeness (QED) is 0.385. The standard InChI is InChI=1S/C25H23NO/c1-26-21-13-7-6-12-19(21)24-23-18-11-5-4-9-16(18)15-8-2-3-10-17(15)20(23)14-22(27)25(24)26/h4-7,9,11-15,17,27H,2-3,8,10H2,1H3. The number of phenols is 1. The first-order valence-electron chi connectivity index (χ1n) is 10.1. The Morgan fingerprint density at radius 1 is 0.889 bits per heavy atom. The van der Waals surface area contributed by atoms with Crippen molar-refractivity contribution in [2.75, 3.05) is 0 Å². The van der Waals surface area contributed by atoms with Crippen molar-refractivity contribution in [1.29, 1.82) is 0 Å². The molecule has 0 radical (unpaired) electrons. The van der Waals surface area contributed by atoms with Gasteiger partial charge in [-0.2, -0.15) is 0 Å². The maximum absolute atomic E-state index is 11.0. The van der Waals surface area contributed by atoms with E-state index in [2.05, 4.69) is 66.2 Å². The molecule has 2 unspecified atom stereocenters. The Bertz CT molecular complexity index is 1220. The molecule has 1 N–H and O–H groups in total. The Labute approximate surface area is 159 Å². The van der Waals surface area contributed by atoms with Gasteiger partial charge in [-0.25, -0.2) is 0 Å². The molecule has 2 nitrogen and oxygen atoms in total. The molecule has 0 saturated heterocycles. The van der Waals surface area contributed by atoms with Crippen molar-refractivity contribution in [2.24, 2.45) is 7.05 Å². The number of aromatic nitrogens is 1. The summed E-state index contributed by atoms with van der Waals surface area (Å²) in [4.78, 5) is 0. The molecule has 1 aromatic heterocycles. The van der Waals surface area contributed by atoms with E-state index >= 15 is 0 Å². The number of fused-ring (bicyclic) bond motifs is 10. The Morgan fingerprint density at radius 2 is 1.59 bits per heavy atom. The lowest BCUT2D eigenvalue weighted by atomic mass is 9.65. The van der Waals surface area contributed by atoms with Gasteiger partial charge in [-0.3, -0.25) is 0 Å². The van der Waals surface area contributed by atoms with Crippen LogP contribution in [0.2, 0.25) is 0 Å². The predicted octanol–water partition coefficient (Wildman–Crippen LogP) is 6.46. The molecule has 2 heteroatoms. The lowest BCUT2D eigenvalue weighted by molar-refractivity contribution is 0.382. The molecule has 6 rings (SSSR count). The van der Waals surface area contributed by atoms with Crippen LogP contribution in [0.3, 0.4) is 0 Å². The van der Waals surface area contributed by atoms with Crippen LogP contribution in [0.15, 0.2) is 54.6 Å². The van der Waals surface area contributed by atoms with E-state index in [9.17, 15) is 5.11 Å². The monoisotopic (exact) mass is 353 g/mol. The van der Waals surface area contributed by atoms with Gasteiger partial charge in [-0.15, -0.1) is 0 Å². The van der Waals surface area contributed by atoms with Crippen LogP contribution in [-0.2, 0) is 7.05 Å². The van der Waals surface area contributed by atoms with E-state index in [1.54, 1.807) is 0 Å². The summed E-state index contributed by atoms with van der Waals surface area (Å²) < 4.78 is 2.15. The van der Waals surface area contributed by atoms with Crippen molar-refractivity contribution in [3.63, 3.8) is 0 Å². The summed E-state index contributed by atoms with van der Waals surface area (Å²) in [5.41, 5.74) is 7.74. The lowest BCUT2D eigenvalue weighted by Crippen LogP contribution is -2.21. The second kappa shape index (κ2) is 5.39. The van der Waals surface area contributed by atoms with E-state index < -0.39 is 0 Å². The molecule has 2 atom stereocenters. The summed E-state index contributed by atoms with van der Waals surface area (Å²) in [5.74, 6) is 1.54. The van der Waals surface area contributed by atoms with Crippen molar-refractivity contribution >= 4 is 21.8 Å². The summed E-state index contributed by atoms with van der Waals surface area (Å²) in [7, 11) is 2.06. The highest BCUT2D eigenvalue weighted by atomic mass is 16.3. The zero-order chi connectivity index (χ0) is 18.1. The molecular formula is C25H23NO. The molecule has 0 amide bonds. The Hall–Kier alpha value is -2.74. The van der Waals surface area contributed by atoms with Crippen molar-refractivity contribution in [2.45, 2.75) is 37.5 Å². The fourth-order valence-electron chi connectivity index (χ4n) is 5.88. The minimum absolute atomic E-state index is 0.422. The first-order chi connectivity index (χ1) is 13.3. The Balaban J connectivity index is 1.83. The van der Waals surface area contributed by atoms with Crippen molar-refractivity contribution < 1.29 is 5.11 Å². The highest BCUT2D eigenvalue weighted by molar-refractivity contribution is 6.17. The van der Waals surface area contributed by atoms with Crippen LogP contribution in [0, 0.1) is 0 Å². The van der Waals surface area contributed by atoms with Crippen LogP contribution in [0.1, 0.15) is 48.6 Å². The molecule has 0 spiro atoms. The normalized spacial score (nSPS) is 21.1. The summed E-state index contributed by atoms with van der Waals surface area (Å²) in [6.07, 6.45) is 5.08. The fraction of sp³-hybridized carbons (Fsp3) is 0.280. The van der Waals surface area contributed by atoms with Crippen molar-refractivity contribution in [3.8, 4) is 16.9 Å². The molecule has 1 heterocycles. The highest BCUT2D eigenvalue weighted by Crippen LogP contribution is 2.56. The number of benzene rings is 3. The van der Waals surface area contributed by atoms with Crippen LogP contribution in [0.5, 0.6) is 5.75 Å². The molecule has 134 valence electrons. The molecular weight excluding hydrogens is 330 g/mol. The molecule has 1 fully saturated rings. The average Bonchev–Trinajstić information content (AvgIpc) is 3.02. The van der Waals surface area contributed by atoms with Gasteiger partial charge in [0.25, 0.3) is 0 Å². The van der Waals surface area contributed by atoms with Crippen LogP contribution >= 0.6 is 0 Å². The van der Waals surface area contributed by atoms with Crippen LogP contribution in [0.25, 0.3) is 32.9 Å². The second-order valence-corrected chi connectivity index (χ2v) is 8.24. The topological polar surface area (TPSA) is 25.2 Å². The minimum Gasteiger partial charge on any atom is -0.506 e. The van der Waals surface area contributed by atoms with Gasteiger partial charge in [0, 0.05) is 23.3 Å². The summed E-state index contributed by atoms with van der Waals surface area (Å²) in [5, 5.41) is 13.5. The van der Waals surface area contributed by atoms with Crippen LogP contribution < -0.4 is 0 Å². The third kappa shape index (κ3) is 1.91. The summed E-state index contributed by atoms with van der Waals surface area (Å²) in [6.45, 7) is 0. The van der Waals surface area contributed by atoms with Gasteiger partial charge in [0.2, 0.25) is 0 Å². The SMILES string of the molecule is Cn1c2ccccc2c2c3c(cc(O)c21)C1CCCCC1c1ccccc1-3. The van der Waals surface area contributed by atoms with Gasteiger partial charge in [-0.05, 0) is 59.1 Å². The first-order valence-corrected chi connectivity index (χ1v) is 10.1. The molecule has 0 aliphatic heterocycles. The van der Waals surface area contributed by atoms with E-state index in [0.29, 0.717) is 17.6 Å². The number of aryl methyl sites for hydroxylation is 1. The van der Waals surface area contributed by atoms with Gasteiger partial charge in [0.15, 0.2) is 0 Å². The van der Waals surface area contributed by atoms with E-state index in [1.807, 2.05) is 0 Å². The number of rotatable bonds is 0. The van der Waals surface area contributed by atoms with Crippen LogP contribution in [0.4, 0.5) is 0 Å². The summed E-state index contributed by atoms with van der Waals surface area (Å²) >= 11 is 0. The highest BCUT2D eigenvalue weighted by Gasteiger charge is 2.37. The zero-order valence-electron chi connectivity index (χ0n) is 15.6. The second-order valence-electron chi connectivity index (χ2n) is 8.24. The van der Waals surface area contributed by atoms with E-state index in [4.69, 9.17) is 0 Å². The third-order valence-corrected chi connectivity index (χ3v) is 6.98. The van der Waals surface area contributed by atoms with Crippen molar-refractivity contribution in [1.82, 2.24) is 4.57 Å². The van der Waals surface area contributed by atoms with E-state index in [0.717, 1.165) is 5.52 Å². The smallest absolute Gasteiger partial charge is 0.140 e. The Kier molecular flexibility index (Phi) is 3.06. The molecule has 4 aromatic rings. The van der Waals surface area contributed by atoms with Gasteiger partial charge in [-0.1, -0.05) is 55.3 Å². The fourth-order valence-corrected chi connectivity index (χ4v) is 5.88. The molecule has 0 bridgehead atoms. The van der Waals surface area contributed by atoms with E-state index in [1.165, 1.54) is 64.2 Å².